The second-order valence-corrected chi connectivity index (χ2v) is 4.80. The van der Waals surface area contributed by atoms with Gasteiger partial charge in [0.25, 0.3) is 0 Å². The molecule has 1 fully saturated rings. The molecule has 0 bridgehead atoms. The Hall–Kier alpha value is -0.890. The predicted octanol–water partition coefficient (Wildman–Crippen LogP) is 1.73. The van der Waals surface area contributed by atoms with Crippen molar-refractivity contribution < 1.29 is 0 Å². The molecule has 0 aliphatic carbocycles. The van der Waals surface area contributed by atoms with Crippen molar-refractivity contribution in [3.8, 4) is 6.07 Å². The first-order valence-electron chi connectivity index (χ1n) is 5.41. The smallest absolute Gasteiger partial charge is 0.0992 e. The van der Waals surface area contributed by atoms with Crippen molar-refractivity contribution in [3.63, 3.8) is 0 Å². The third-order valence-corrected chi connectivity index (χ3v) is 3.52. The molecule has 0 aromatic heterocycles. The zero-order valence-corrected chi connectivity index (χ0v) is 10.6. The van der Waals surface area contributed by atoms with Gasteiger partial charge in [0.15, 0.2) is 0 Å². The minimum absolute atomic E-state index is 0.705. The van der Waals surface area contributed by atoms with E-state index in [4.69, 9.17) is 5.26 Å². The van der Waals surface area contributed by atoms with Crippen LogP contribution >= 0.6 is 15.9 Å². The van der Waals surface area contributed by atoms with Gasteiger partial charge in [-0.05, 0) is 17.7 Å². The molecule has 1 aromatic carbocycles. The van der Waals surface area contributed by atoms with Crippen LogP contribution in [0.3, 0.4) is 0 Å². The third kappa shape index (κ3) is 2.82. The van der Waals surface area contributed by atoms with Crippen LogP contribution in [0.15, 0.2) is 22.7 Å². The molecule has 1 saturated heterocycles. The van der Waals surface area contributed by atoms with Gasteiger partial charge in [-0.15, -0.1) is 0 Å². The van der Waals surface area contributed by atoms with E-state index in [-0.39, 0.29) is 0 Å². The molecular weight excluding hydrogens is 266 g/mol. The molecule has 1 heterocycles. The number of hydrogen-bond donors (Lipinski definition) is 1. The summed E-state index contributed by atoms with van der Waals surface area (Å²) in [6.45, 7) is 5.26. The van der Waals surface area contributed by atoms with Gasteiger partial charge in [-0.3, -0.25) is 4.90 Å². The molecule has 0 spiro atoms. The monoisotopic (exact) mass is 279 g/mol. The SMILES string of the molecule is N#Cc1ccc(CN2CCNCC2)c(Br)c1. The van der Waals surface area contributed by atoms with Gasteiger partial charge in [-0.2, -0.15) is 5.26 Å². The van der Waals surface area contributed by atoms with Gasteiger partial charge in [-0.25, -0.2) is 0 Å². The lowest BCUT2D eigenvalue weighted by Gasteiger charge is -2.27. The van der Waals surface area contributed by atoms with Gasteiger partial charge in [-0.1, -0.05) is 22.0 Å². The van der Waals surface area contributed by atoms with E-state index >= 15 is 0 Å². The van der Waals surface area contributed by atoms with Crippen molar-refractivity contribution in [2.45, 2.75) is 6.54 Å². The second-order valence-electron chi connectivity index (χ2n) is 3.94. The molecule has 0 unspecified atom stereocenters. The van der Waals surface area contributed by atoms with Crippen LogP contribution in [0.5, 0.6) is 0 Å². The maximum atomic E-state index is 8.78. The van der Waals surface area contributed by atoms with Crippen LogP contribution in [-0.2, 0) is 6.54 Å². The van der Waals surface area contributed by atoms with Gasteiger partial charge in [0, 0.05) is 37.2 Å². The van der Waals surface area contributed by atoms with Crippen molar-refractivity contribution in [1.82, 2.24) is 10.2 Å². The predicted molar refractivity (Wildman–Crippen MR) is 67.0 cm³/mol. The number of benzene rings is 1. The molecule has 16 heavy (non-hydrogen) atoms. The molecule has 1 aliphatic heterocycles. The molecule has 2 rings (SSSR count). The van der Waals surface area contributed by atoms with Crippen molar-refractivity contribution in [1.29, 1.82) is 5.26 Å². The first kappa shape index (κ1) is 11.6. The van der Waals surface area contributed by atoms with Crippen molar-refractivity contribution in [3.05, 3.63) is 33.8 Å². The fraction of sp³-hybridized carbons (Fsp3) is 0.417. The zero-order chi connectivity index (χ0) is 11.4. The van der Waals surface area contributed by atoms with E-state index in [9.17, 15) is 0 Å². The molecule has 4 heteroatoms. The molecule has 1 N–H and O–H groups in total. The Bertz CT molecular complexity index is 405. The molecule has 3 nitrogen and oxygen atoms in total. The Kier molecular flexibility index (Phi) is 3.94. The molecule has 0 saturated carbocycles. The minimum Gasteiger partial charge on any atom is -0.314 e. The molecular formula is C12H14BrN3. The number of nitrogens with one attached hydrogen (secondary N) is 1. The topological polar surface area (TPSA) is 39.1 Å². The quantitative estimate of drug-likeness (QED) is 0.896. The molecule has 84 valence electrons. The summed E-state index contributed by atoms with van der Waals surface area (Å²) in [5.74, 6) is 0. The third-order valence-electron chi connectivity index (χ3n) is 2.79. The summed E-state index contributed by atoms with van der Waals surface area (Å²) in [4.78, 5) is 2.42. The largest absolute Gasteiger partial charge is 0.314 e. The summed E-state index contributed by atoms with van der Waals surface area (Å²) in [5, 5.41) is 12.1. The average Bonchev–Trinajstić information content (AvgIpc) is 2.33. The Balaban J connectivity index is 2.06. The number of nitriles is 1. The minimum atomic E-state index is 0.705. The standard InChI is InChI=1S/C12H14BrN3/c13-12-7-10(8-14)1-2-11(12)9-16-5-3-15-4-6-16/h1-2,7,15H,3-6,9H2. The summed E-state index contributed by atoms with van der Waals surface area (Å²) in [5.41, 5.74) is 1.96. The number of rotatable bonds is 2. The summed E-state index contributed by atoms with van der Waals surface area (Å²) >= 11 is 3.52. The first-order chi connectivity index (χ1) is 7.79. The van der Waals surface area contributed by atoms with E-state index < -0.39 is 0 Å². The van der Waals surface area contributed by atoms with Crippen LogP contribution < -0.4 is 5.32 Å². The highest BCUT2D eigenvalue weighted by Crippen LogP contribution is 2.20. The first-order valence-corrected chi connectivity index (χ1v) is 6.20. The number of nitrogens with zero attached hydrogens (tertiary/aromatic N) is 2. The number of hydrogen-bond acceptors (Lipinski definition) is 3. The van der Waals surface area contributed by atoms with Crippen LogP contribution in [0.25, 0.3) is 0 Å². The highest BCUT2D eigenvalue weighted by atomic mass is 79.9. The lowest BCUT2D eigenvalue weighted by molar-refractivity contribution is 0.233. The molecule has 1 aromatic rings. The van der Waals surface area contributed by atoms with E-state index in [0.29, 0.717) is 5.56 Å². The highest BCUT2D eigenvalue weighted by Gasteiger charge is 2.11. The van der Waals surface area contributed by atoms with Crippen LogP contribution in [0, 0.1) is 11.3 Å². The lowest BCUT2D eigenvalue weighted by atomic mass is 10.1. The van der Waals surface area contributed by atoms with E-state index in [2.05, 4.69) is 32.2 Å². The van der Waals surface area contributed by atoms with Gasteiger partial charge < -0.3 is 5.32 Å². The van der Waals surface area contributed by atoms with Crippen LogP contribution in [0.1, 0.15) is 11.1 Å². The fourth-order valence-corrected chi connectivity index (χ4v) is 2.36. The van der Waals surface area contributed by atoms with Gasteiger partial charge in [0.2, 0.25) is 0 Å². The van der Waals surface area contributed by atoms with E-state index in [1.54, 1.807) is 0 Å². The van der Waals surface area contributed by atoms with Crippen molar-refractivity contribution in [2.24, 2.45) is 0 Å². The van der Waals surface area contributed by atoms with Crippen LogP contribution in [0.2, 0.25) is 0 Å². The Labute approximate surface area is 104 Å². The van der Waals surface area contributed by atoms with E-state index in [1.165, 1.54) is 5.56 Å². The number of halogens is 1. The van der Waals surface area contributed by atoms with Gasteiger partial charge in [0.1, 0.15) is 0 Å². The van der Waals surface area contributed by atoms with Crippen molar-refractivity contribution in [2.75, 3.05) is 26.2 Å². The summed E-state index contributed by atoms with van der Waals surface area (Å²) in [6, 6.07) is 7.94. The van der Waals surface area contributed by atoms with Gasteiger partial charge in [0.05, 0.1) is 11.6 Å². The van der Waals surface area contributed by atoms with Crippen LogP contribution in [-0.4, -0.2) is 31.1 Å². The summed E-state index contributed by atoms with van der Waals surface area (Å²) in [7, 11) is 0. The fourth-order valence-electron chi connectivity index (χ4n) is 1.86. The van der Waals surface area contributed by atoms with Gasteiger partial charge >= 0.3 is 0 Å². The Morgan fingerprint density at radius 2 is 2.12 bits per heavy atom. The molecule has 0 amide bonds. The van der Waals surface area contributed by atoms with Crippen molar-refractivity contribution >= 4 is 15.9 Å². The average molecular weight is 280 g/mol. The maximum Gasteiger partial charge on any atom is 0.0992 e. The zero-order valence-electron chi connectivity index (χ0n) is 9.04. The Morgan fingerprint density at radius 3 is 2.75 bits per heavy atom. The molecule has 1 aliphatic rings. The summed E-state index contributed by atoms with van der Waals surface area (Å²) in [6.07, 6.45) is 0. The van der Waals surface area contributed by atoms with Crippen LogP contribution in [0.4, 0.5) is 0 Å². The lowest BCUT2D eigenvalue weighted by Crippen LogP contribution is -2.42. The molecule has 0 radical (unpaired) electrons. The number of piperazine rings is 1. The highest BCUT2D eigenvalue weighted by molar-refractivity contribution is 9.10. The normalized spacial score (nSPS) is 17.0. The summed E-state index contributed by atoms with van der Waals surface area (Å²) < 4.78 is 1.03. The molecule has 0 atom stereocenters. The maximum absolute atomic E-state index is 8.78. The van der Waals surface area contributed by atoms with E-state index in [1.807, 2.05) is 18.2 Å². The Morgan fingerprint density at radius 1 is 1.38 bits per heavy atom. The second kappa shape index (κ2) is 5.44. The van der Waals surface area contributed by atoms with E-state index in [0.717, 1.165) is 37.2 Å².